The van der Waals surface area contributed by atoms with E-state index < -0.39 is 16.6 Å². The summed E-state index contributed by atoms with van der Waals surface area (Å²) in [4.78, 5) is 29.9. The predicted molar refractivity (Wildman–Crippen MR) is 109 cm³/mol. The van der Waals surface area contributed by atoms with Gasteiger partial charge < -0.3 is 15.2 Å². The van der Waals surface area contributed by atoms with Crippen molar-refractivity contribution in [1.29, 1.82) is 0 Å². The lowest BCUT2D eigenvalue weighted by Gasteiger charge is -2.10. The van der Waals surface area contributed by atoms with Crippen LogP contribution in [0.25, 0.3) is 10.8 Å². The summed E-state index contributed by atoms with van der Waals surface area (Å²) in [5.41, 5.74) is 0.0875. The first kappa shape index (κ1) is 18.8. The molecule has 0 aliphatic heterocycles. The lowest BCUT2D eigenvalue weighted by molar-refractivity contribution is -0.385. The lowest BCUT2D eigenvalue weighted by Crippen LogP contribution is -2.04. The highest BCUT2D eigenvalue weighted by Gasteiger charge is 2.25. The SMILES string of the molecule is O=C(O)c1ccc(Nc2ncnc(Oc3ccc4ccccc4c3)c2[N+](=O)[O-])cc1. The van der Waals surface area contributed by atoms with Crippen LogP contribution >= 0.6 is 0 Å². The van der Waals surface area contributed by atoms with Gasteiger partial charge in [-0.15, -0.1) is 0 Å². The Morgan fingerprint density at radius 2 is 1.73 bits per heavy atom. The van der Waals surface area contributed by atoms with Gasteiger partial charge in [0.2, 0.25) is 5.82 Å². The monoisotopic (exact) mass is 402 g/mol. The van der Waals surface area contributed by atoms with E-state index in [2.05, 4.69) is 15.3 Å². The molecule has 0 aliphatic carbocycles. The van der Waals surface area contributed by atoms with E-state index in [0.717, 1.165) is 17.1 Å². The van der Waals surface area contributed by atoms with Gasteiger partial charge in [0.05, 0.1) is 10.5 Å². The largest absolute Gasteiger partial charge is 0.478 e. The molecule has 0 amide bonds. The minimum absolute atomic E-state index is 0.0751. The van der Waals surface area contributed by atoms with Gasteiger partial charge in [-0.05, 0) is 47.2 Å². The molecule has 0 atom stereocenters. The minimum atomic E-state index is -1.07. The summed E-state index contributed by atoms with van der Waals surface area (Å²) in [6.07, 6.45) is 1.15. The summed E-state index contributed by atoms with van der Waals surface area (Å²) in [5.74, 6) is -0.961. The molecule has 1 aromatic heterocycles. The van der Waals surface area contributed by atoms with Gasteiger partial charge in [0.1, 0.15) is 12.1 Å². The number of benzene rings is 3. The maximum absolute atomic E-state index is 11.7. The second kappa shape index (κ2) is 7.84. The van der Waals surface area contributed by atoms with E-state index in [0.29, 0.717) is 11.4 Å². The Kier molecular flexibility index (Phi) is 4.92. The molecule has 9 nitrogen and oxygen atoms in total. The highest BCUT2D eigenvalue weighted by Crippen LogP contribution is 2.36. The first-order valence-corrected chi connectivity index (χ1v) is 8.78. The van der Waals surface area contributed by atoms with E-state index in [4.69, 9.17) is 9.84 Å². The summed E-state index contributed by atoms with van der Waals surface area (Å²) in [6.45, 7) is 0. The predicted octanol–water partition coefficient (Wildman–Crippen LogP) is 4.77. The molecule has 0 unspecified atom stereocenters. The zero-order valence-corrected chi connectivity index (χ0v) is 15.4. The molecule has 9 heteroatoms. The highest BCUT2D eigenvalue weighted by atomic mass is 16.6. The zero-order chi connectivity index (χ0) is 21.1. The maximum atomic E-state index is 11.7. The van der Waals surface area contributed by atoms with Crippen molar-refractivity contribution in [2.75, 3.05) is 5.32 Å². The van der Waals surface area contributed by atoms with Crippen molar-refractivity contribution in [3.63, 3.8) is 0 Å². The molecule has 0 radical (unpaired) electrons. The number of aromatic carboxylic acids is 1. The van der Waals surface area contributed by atoms with E-state index in [1.54, 1.807) is 12.1 Å². The summed E-state index contributed by atoms with van der Waals surface area (Å²) in [5, 5.41) is 25.4. The third kappa shape index (κ3) is 3.85. The molecular formula is C21H14N4O5. The number of nitrogens with zero attached hydrogens (tertiary/aromatic N) is 3. The Morgan fingerprint density at radius 1 is 1.00 bits per heavy atom. The Hall–Kier alpha value is -4.53. The van der Waals surface area contributed by atoms with Crippen molar-refractivity contribution < 1.29 is 19.6 Å². The number of fused-ring (bicyclic) bond motifs is 1. The number of hydrogen-bond donors (Lipinski definition) is 2. The van der Waals surface area contributed by atoms with Crippen LogP contribution in [0.4, 0.5) is 17.2 Å². The molecular weight excluding hydrogens is 388 g/mol. The number of anilines is 2. The van der Waals surface area contributed by atoms with Crippen molar-refractivity contribution in [3.05, 3.63) is 88.7 Å². The molecule has 148 valence electrons. The first-order valence-electron chi connectivity index (χ1n) is 8.78. The van der Waals surface area contributed by atoms with Gasteiger partial charge in [0.15, 0.2) is 0 Å². The summed E-state index contributed by atoms with van der Waals surface area (Å²) in [7, 11) is 0. The van der Waals surface area contributed by atoms with E-state index >= 15 is 0 Å². The molecule has 3 aromatic carbocycles. The fourth-order valence-electron chi connectivity index (χ4n) is 2.87. The number of nitrogens with one attached hydrogen (secondary N) is 1. The van der Waals surface area contributed by atoms with Crippen LogP contribution in [0.5, 0.6) is 11.6 Å². The van der Waals surface area contributed by atoms with Crippen LogP contribution in [-0.2, 0) is 0 Å². The van der Waals surface area contributed by atoms with E-state index in [9.17, 15) is 14.9 Å². The summed E-state index contributed by atoms with van der Waals surface area (Å²) >= 11 is 0. The number of carbonyl (C=O) groups is 1. The Balaban J connectivity index is 1.66. The Bertz CT molecular complexity index is 1260. The number of carboxylic acid groups (broad SMARTS) is 1. The number of nitro groups is 1. The van der Waals surface area contributed by atoms with E-state index in [-0.39, 0.29) is 17.3 Å². The highest BCUT2D eigenvalue weighted by molar-refractivity contribution is 5.88. The Labute approximate surface area is 169 Å². The number of ether oxygens (including phenoxy) is 1. The number of rotatable bonds is 6. The summed E-state index contributed by atoms with van der Waals surface area (Å²) in [6, 6.07) is 18.7. The standard InChI is InChI=1S/C21H14N4O5/c26-21(27)14-5-8-16(9-6-14)24-19-18(25(28)29)20(23-12-22-19)30-17-10-7-13-3-1-2-4-15(13)11-17/h1-12H,(H,26,27)(H,22,23,24). The zero-order valence-electron chi connectivity index (χ0n) is 15.4. The molecule has 0 aliphatic rings. The molecule has 2 N–H and O–H groups in total. The van der Waals surface area contributed by atoms with Crippen molar-refractivity contribution in [1.82, 2.24) is 9.97 Å². The van der Waals surface area contributed by atoms with Gasteiger partial charge in [-0.25, -0.2) is 9.78 Å². The number of aromatic nitrogens is 2. The second-order valence-corrected chi connectivity index (χ2v) is 6.25. The first-order chi connectivity index (χ1) is 14.5. The molecule has 0 fully saturated rings. The van der Waals surface area contributed by atoms with Crippen molar-refractivity contribution in [2.45, 2.75) is 0 Å². The molecule has 4 rings (SSSR count). The average molecular weight is 402 g/mol. The van der Waals surface area contributed by atoms with Gasteiger partial charge in [-0.2, -0.15) is 4.98 Å². The Morgan fingerprint density at radius 3 is 2.43 bits per heavy atom. The molecule has 0 saturated heterocycles. The van der Waals surface area contributed by atoms with Crippen LogP contribution < -0.4 is 10.1 Å². The van der Waals surface area contributed by atoms with Gasteiger partial charge >= 0.3 is 17.5 Å². The van der Waals surface area contributed by atoms with Gasteiger partial charge in [0, 0.05) is 5.69 Å². The number of carboxylic acids is 1. The van der Waals surface area contributed by atoms with E-state index in [1.165, 1.54) is 24.3 Å². The van der Waals surface area contributed by atoms with Gasteiger partial charge in [0.25, 0.3) is 0 Å². The third-order valence-corrected chi connectivity index (χ3v) is 4.30. The average Bonchev–Trinajstić information content (AvgIpc) is 2.74. The third-order valence-electron chi connectivity index (χ3n) is 4.30. The summed E-state index contributed by atoms with van der Waals surface area (Å²) < 4.78 is 5.70. The van der Waals surface area contributed by atoms with Crippen LogP contribution in [0.1, 0.15) is 10.4 Å². The topological polar surface area (TPSA) is 127 Å². The van der Waals surface area contributed by atoms with Crippen LogP contribution in [0.2, 0.25) is 0 Å². The smallest absolute Gasteiger partial charge is 0.373 e. The normalized spacial score (nSPS) is 10.5. The van der Waals surface area contributed by atoms with E-state index in [1.807, 2.05) is 30.3 Å². The maximum Gasteiger partial charge on any atom is 0.373 e. The molecule has 0 spiro atoms. The van der Waals surface area contributed by atoms with Crippen LogP contribution in [0.3, 0.4) is 0 Å². The molecule has 0 bridgehead atoms. The molecule has 0 saturated carbocycles. The van der Waals surface area contributed by atoms with Crippen molar-refractivity contribution >= 4 is 33.9 Å². The minimum Gasteiger partial charge on any atom is -0.478 e. The molecule has 30 heavy (non-hydrogen) atoms. The second-order valence-electron chi connectivity index (χ2n) is 6.25. The van der Waals surface area contributed by atoms with Crippen molar-refractivity contribution in [2.24, 2.45) is 0 Å². The fraction of sp³-hybridized carbons (Fsp3) is 0. The molecule has 4 aromatic rings. The van der Waals surface area contributed by atoms with Crippen molar-refractivity contribution in [3.8, 4) is 11.6 Å². The van der Waals surface area contributed by atoms with Gasteiger partial charge in [-0.3, -0.25) is 10.1 Å². The van der Waals surface area contributed by atoms with Gasteiger partial charge in [-0.1, -0.05) is 30.3 Å². The van der Waals surface area contributed by atoms with Crippen LogP contribution in [0.15, 0.2) is 73.1 Å². The number of hydrogen-bond acceptors (Lipinski definition) is 7. The quantitative estimate of drug-likeness (QED) is 0.349. The van der Waals surface area contributed by atoms with Crippen LogP contribution in [-0.4, -0.2) is 26.0 Å². The van der Waals surface area contributed by atoms with Crippen LogP contribution in [0, 0.1) is 10.1 Å². The molecule has 1 heterocycles. The lowest BCUT2D eigenvalue weighted by atomic mass is 10.1. The fourth-order valence-corrected chi connectivity index (χ4v) is 2.87.